The van der Waals surface area contributed by atoms with Gasteiger partial charge in [-0.05, 0) is 54.8 Å². The van der Waals surface area contributed by atoms with Crippen molar-refractivity contribution in [3.05, 3.63) is 31.8 Å². The van der Waals surface area contributed by atoms with Gasteiger partial charge in [0.05, 0.1) is 28.1 Å². The Morgan fingerprint density at radius 3 is 1.56 bits per heavy atom. The molecular weight excluding hydrogens is 432 g/mol. The molecule has 0 unspecified atom stereocenters. The summed E-state index contributed by atoms with van der Waals surface area (Å²) in [6, 6.07) is 4.39. The SMILES string of the molecule is Brc1c(-c2sc3ccsc3c2Br)sc2ccsc12. The smallest absolute Gasteiger partial charge is 0.0618 e. The van der Waals surface area contributed by atoms with Gasteiger partial charge in [0.1, 0.15) is 0 Å². The maximum atomic E-state index is 3.76. The fraction of sp³-hybridized carbons (Fsp3) is 0. The van der Waals surface area contributed by atoms with E-state index in [2.05, 4.69) is 54.8 Å². The topological polar surface area (TPSA) is 0 Å². The van der Waals surface area contributed by atoms with Crippen molar-refractivity contribution in [2.24, 2.45) is 0 Å². The minimum atomic E-state index is 1.24. The molecule has 0 aliphatic rings. The van der Waals surface area contributed by atoms with Gasteiger partial charge in [0.25, 0.3) is 0 Å². The molecule has 0 fully saturated rings. The van der Waals surface area contributed by atoms with Crippen LogP contribution in [0.15, 0.2) is 31.8 Å². The molecule has 0 N–H and O–H groups in total. The maximum absolute atomic E-state index is 3.76. The molecule has 0 aromatic carbocycles. The van der Waals surface area contributed by atoms with Crippen molar-refractivity contribution < 1.29 is 0 Å². The maximum Gasteiger partial charge on any atom is 0.0618 e. The standard InChI is InChI=1S/C12H4Br2S4/c13-7-9-5(1-3-15-9)17-11(7)12-8(14)10-6(18-12)2-4-16-10/h1-4H. The van der Waals surface area contributed by atoms with Crippen molar-refractivity contribution >= 4 is 96.0 Å². The van der Waals surface area contributed by atoms with Crippen LogP contribution in [0.3, 0.4) is 0 Å². The van der Waals surface area contributed by atoms with Gasteiger partial charge in [-0.2, -0.15) is 0 Å². The van der Waals surface area contributed by atoms with E-state index < -0.39 is 0 Å². The van der Waals surface area contributed by atoms with Crippen molar-refractivity contribution in [1.29, 1.82) is 0 Å². The number of fused-ring (bicyclic) bond motifs is 2. The Bertz CT molecular complexity index is 789. The highest BCUT2D eigenvalue weighted by Crippen LogP contribution is 2.51. The fourth-order valence-corrected chi connectivity index (χ4v) is 8.70. The Balaban J connectivity index is 2.06. The average Bonchev–Trinajstić information content (AvgIpc) is 3.05. The van der Waals surface area contributed by atoms with Crippen LogP contribution in [0.5, 0.6) is 0 Å². The molecule has 18 heavy (non-hydrogen) atoms. The summed E-state index contributed by atoms with van der Waals surface area (Å²) in [5, 5.41) is 4.30. The lowest BCUT2D eigenvalue weighted by molar-refractivity contribution is 1.93. The molecule has 6 heteroatoms. The zero-order chi connectivity index (χ0) is 12.3. The molecule has 0 aliphatic heterocycles. The van der Waals surface area contributed by atoms with Crippen LogP contribution in [0.1, 0.15) is 0 Å². The van der Waals surface area contributed by atoms with Crippen LogP contribution < -0.4 is 0 Å². The van der Waals surface area contributed by atoms with Gasteiger partial charge in [0.15, 0.2) is 0 Å². The third-order valence-corrected chi connectivity index (χ3v) is 9.92. The molecule has 4 rings (SSSR count). The molecule has 0 saturated carbocycles. The van der Waals surface area contributed by atoms with Crippen molar-refractivity contribution in [1.82, 2.24) is 0 Å². The lowest BCUT2D eigenvalue weighted by Crippen LogP contribution is -1.66. The van der Waals surface area contributed by atoms with Gasteiger partial charge in [0, 0.05) is 9.40 Å². The van der Waals surface area contributed by atoms with Gasteiger partial charge in [-0.25, -0.2) is 0 Å². The molecule has 4 aromatic heterocycles. The van der Waals surface area contributed by atoms with Gasteiger partial charge < -0.3 is 0 Å². The van der Waals surface area contributed by atoms with E-state index in [1.54, 1.807) is 22.7 Å². The number of rotatable bonds is 1. The van der Waals surface area contributed by atoms with Gasteiger partial charge in [-0.1, -0.05) is 0 Å². The summed E-state index contributed by atoms with van der Waals surface area (Å²) in [7, 11) is 0. The van der Waals surface area contributed by atoms with Gasteiger partial charge in [0.2, 0.25) is 0 Å². The largest absolute Gasteiger partial charge is 0.142 e. The van der Waals surface area contributed by atoms with E-state index in [4.69, 9.17) is 0 Å². The zero-order valence-corrected chi connectivity index (χ0v) is 15.1. The van der Waals surface area contributed by atoms with Crippen molar-refractivity contribution in [2.45, 2.75) is 0 Å². The Hall–Kier alpha value is 0.280. The normalized spacial score (nSPS) is 11.9. The molecule has 90 valence electrons. The summed E-state index contributed by atoms with van der Waals surface area (Å²) < 4.78 is 7.94. The van der Waals surface area contributed by atoms with Crippen LogP contribution in [0.2, 0.25) is 0 Å². The first-order chi connectivity index (χ1) is 8.75. The monoisotopic (exact) mass is 434 g/mol. The number of thiophene rings is 4. The van der Waals surface area contributed by atoms with Gasteiger partial charge >= 0.3 is 0 Å². The summed E-state index contributed by atoms with van der Waals surface area (Å²) >= 11 is 14.8. The van der Waals surface area contributed by atoms with Crippen LogP contribution in [-0.4, -0.2) is 0 Å². The number of hydrogen-bond acceptors (Lipinski definition) is 4. The second-order valence-electron chi connectivity index (χ2n) is 3.72. The van der Waals surface area contributed by atoms with E-state index in [0.29, 0.717) is 0 Å². The summed E-state index contributed by atoms with van der Waals surface area (Å²) in [4.78, 5) is 2.69. The van der Waals surface area contributed by atoms with Crippen LogP contribution in [-0.2, 0) is 0 Å². The Kier molecular flexibility index (Phi) is 2.94. The third kappa shape index (κ3) is 1.63. The molecule has 0 radical (unpaired) electrons. The first-order valence-corrected chi connectivity index (χ1v) is 10.0. The number of hydrogen-bond donors (Lipinski definition) is 0. The molecular formula is C12H4Br2S4. The van der Waals surface area contributed by atoms with E-state index in [9.17, 15) is 0 Å². The lowest BCUT2D eigenvalue weighted by Gasteiger charge is -1.95. The Morgan fingerprint density at radius 1 is 0.722 bits per heavy atom. The molecule has 0 aliphatic carbocycles. The molecule has 0 spiro atoms. The van der Waals surface area contributed by atoms with Crippen molar-refractivity contribution in [3.63, 3.8) is 0 Å². The zero-order valence-electron chi connectivity index (χ0n) is 8.70. The highest BCUT2D eigenvalue weighted by Gasteiger charge is 2.19. The first kappa shape index (κ1) is 12.1. The molecule has 4 aromatic rings. The molecule has 0 nitrogen and oxygen atoms in total. The fourth-order valence-electron chi connectivity index (χ4n) is 1.88. The van der Waals surface area contributed by atoms with Crippen LogP contribution in [0.4, 0.5) is 0 Å². The van der Waals surface area contributed by atoms with E-state index in [0.717, 1.165) is 0 Å². The summed E-state index contributed by atoms with van der Waals surface area (Å²) in [5.74, 6) is 0. The predicted molar refractivity (Wildman–Crippen MR) is 93.8 cm³/mol. The first-order valence-electron chi connectivity index (χ1n) is 5.07. The summed E-state index contributed by atoms with van der Waals surface area (Å²) in [5.41, 5.74) is 0. The molecule has 0 atom stereocenters. The summed E-state index contributed by atoms with van der Waals surface area (Å²) in [6.07, 6.45) is 0. The number of halogens is 2. The van der Waals surface area contributed by atoms with Crippen molar-refractivity contribution in [2.75, 3.05) is 0 Å². The predicted octanol–water partition coefficient (Wildman–Crippen LogP) is 7.43. The van der Waals surface area contributed by atoms with Crippen LogP contribution in [0, 0.1) is 0 Å². The minimum Gasteiger partial charge on any atom is -0.142 e. The lowest BCUT2D eigenvalue weighted by atomic mass is 10.3. The van der Waals surface area contributed by atoms with Gasteiger partial charge in [-0.15, -0.1) is 45.3 Å². The molecule has 0 bridgehead atoms. The van der Waals surface area contributed by atoms with E-state index in [-0.39, 0.29) is 0 Å². The van der Waals surface area contributed by atoms with E-state index in [1.165, 1.54) is 37.5 Å². The highest BCUT2D eigenvalue weighted by atomic mass is 79.9. The summed E-state index contributed by atoms with van der Waals surface area (Å²) in [6.45, 7) is 0. The van der Waals surface area contributed by atoms with E-state index in [1.807, 2.05) is 22.7 Å². The molecule has 0 amide bonds. The van der Waals surface area contributed by atoms with E-state index >= 15 is 0 Å². The molecule has 0 saturated heterocycles. The minimum absolute atomic E-state index is 1.24. The van der Waals surface area contributed by atoms with Crippen molar-refractivity contribution in [3.8, 4) is 9.75 Å². The average molecular weight is 436 g/mol. The van der Waals surface area contributed by atoms with Gasteiger partial charge in [-0.3, -0.25) is 0 Å². The Labute approximate surface area is 136 Å². The van der Waals surface area contributed by atoms with Crippen LogP contribution in [0.25, 0.3) is 28.6 Å². The quantitative estimate of drug-likeness (QED) is 0.291. The molecule has 4 heterocycles. The third-order valence-electron chi connectivity index (χ3n) is 2.69. The highest BCUT2D eigenvalue weighted by molar-refractivity contribution is 9.11. The Morgan fingerprint density at radius 2 is 1.17 bits per heavy atom. The second-order valence-corrected chi connectivity index (χ2v) is 9.24. The second kappa shape index (κ2) is 4.40. The van der Waals surface area contributed by atoms with Crippen LogP contribution >= 0.6 is 77.2 Å².